The molecule has 1 heterocycles. The summed E-state index contributed by atoms with van der Waals surface area (Å²) in [6.45, 7) is 12.8. The molecule has 1 aromatic carbocycles. The van der Waals surface area contributed by atoms with Crippen LogP contribution < -0.4 is 14.5 Å². The highest BCUT2D eigenvalue weighted by Crippen LogP contribution is 2.47. The summed E-state index contributed by atoms with van der Waals surface area (Å²) < 4.78 is 12.4. The fourth-order valence-corrected chi connectivity index (χ4v) is 10.9. The maximum absolute atomic E-state index is 13.6. The van der Waals surface area contributed by atoms with Crippen molar-refractivity contribution in [2.24, 2.45) is 5.92 Å². The summed E-state index contributed by atoms with van der Waals surface area (Å²) in [4.78, 5) is 26.8. The second-order valence-electron chi connectivity index (χ2n) is 10.6. The van der Waals surface area contributed by atoms with Crippen LogP contribution in [0.3, 0.4) is 0 Å². The topological polar surface area (TPSA) is 108 Å². The van der Waals surface area contributed by atoms with Gasteiger partial charge in [-0.1, -0.05) is 41.5 Å². The smallest absolute Gasteiger partial charge is 0.409 e. The summed E-state index contributed by atoms with van der Waals surface area (Å²) in [6.07, 6.45) is 3.40. The van der Waals surface area contributed by atoms with Crippen LogP contribution in [0.15, 0.2) is 23.9 Å². The third-order valence-corrected chi connectivity index (χ3v) is 13.5. The zero-order valence-electron chi connectivity index (χ0n) is 21.9. The molecule has 194 valence electrons. The monoisotopic (exact) mass is 504 g/mol. The fourth-order valence-electron chi connectivity index (χ4n) is 5.69. The number of ether oxygens (including phenoxy) is 1. The number of carboxylic acid groups (broad SMARTS) is 1. The first-order chi connectivity index (χ1) is 16.5. The van der Waals surface area contributed by atoms with E-state index in [0.29, 0.717) is 40.5 Å². The van der Waals surface area contributed by atoms with Gasteiger partial charge in [-0.15, -0.1) is 0 Å². The second-order valence-corrected chi connectivity index (χ2v) is 16.0. The van der Waals surface area contributed by atoms with Crippen molar-refractivity contribution < 1.29 is 29.0 Å². The minimum Gasteiger partial charge on any atom is -0.540 e. The Balaban J connectivity index is 2.08. The highest BCUT2D eigenvalue weighted by Gasteiger charge is 2.47. The Morgan fingerprint density at radius 2 is 1.69 bits per heavy atom. The molecule has 0 aromatic heterocycles. The zero-order valence-corrected chi connectivity index (χ0v) is 22.9. The third-order valence-electron chi connectivity index (χ3n) is 7.49. The quantitative estimate of drug-likeness (QED) is 0.346. The second kappa shape index (κ2) is 10.6. The fraction of sp³-hybridized carbons (Fsp3) is 0.615. The summed E-state index contributed by atoms with van der Waals surface area (Å²) in [5.41, 5.74) is 2.36. The molecule has 0 saturated heterocycles. The van der Waals surface area contributed by atoms with Gasteiger partial charge in [0.2, 0.25) is 0 Å². The molecule has 35 heavy (non-hydrogen) atoms. The summed E-state index contributed by atoms with van der Waals surface area (Å²) in [5.74, 6) is 0.914. The number of aliphatic hydroxyl groups is 1. The van der Waals surface area contributed by atoms with E-state index >= 15 is 0 Å². The van der Waals surface area contributed by atoms with E-state index in [0.717, 1.165) is 12.8 Å². The number of nitrogens with zero attached hydrogens (tertiary/aromatic N) is 1. The summed E-state index contributed by atoms with van der Waals surface area (Å²) in [5, 5.41) is 21.8. The number of benzene rings is 1. The minimum atomic E-state index is -2.37. The lowest BCUT2D eigenvalue weighted by Crippen LogP contribution is -2.50. The zero-order chi connectivity index (χ0) is 26.1. The predicted molar refractivity (Wildman–Crippen MR) is 139 cm³/mol. The van der Waals surface area contributed by atoms with Gasteiger partial charge in [0.25, 0.3) is 14.2 Å². The average Bonchev–Trinajstić information content (AvgIpc) is 3.54. The largest absolute Gasteiger partial charge is 0.540 e. The van der Waals surface area contributed by atoms with E-state index in [-0.39, 0.29) is 29.8 Å². The van der Waals surface area contributed by atoms with E-state index in [2.05, 4.69) is 46.9 Å². The Morgan fingerprint density at radius 1 is 1.09 bits per heavy atom. The number of hydrogen-bond donors (Lipinski definition) is 3. The molecule has 1 atom stereocenters. The summed E-state index contributed by atoms with van der Waals surface area (Å²) in [7, 11) is -0.858. The Labute approximate surface area is 209 Å². The van der Waals surface area contributed by atoms with Crippen LogP contribution in [-0.2, 0) is 0 Å². The summed E-state index contributed by atoms with van der Waals surface area (Å²) in [6, 6.07) is 2.77. The van der Waals surface area contributed by atoms with Gasteiger partial charge in [-0.2, -0.15) is 0 Å². The number of carbonyl (C=O) groups is 2. The number of methoxy groups -OCH3 is 1. The van der Waals surface area contributed by atoms with Crippen molar-refractivity contribution in [3.8, 4) is 11.5 Å². The molecule has 2 aliphatic rings. The lowest BCUT2D eigenvalue weighted by molar-refractivity contribution is 0.0732. The van der Waals surface area contributed by atoms with Crippen LogP contribution in [0.5, 0.6) is 11.5 Å². The average molecular weight is 505 g/mol. The van der Waals surface area contributed by atoms with Crippen LogP contribution in [0.25, 0.3) is 0 Å². The Kier molecular flexibility index (Phi) is 8.21. The van der Waals surface area contributed by atoms with Gasteiger partial charge in [0.1, 0.15) is 5.75 Å². The van der Waals surface area contributed by atoms with Crippen molar-refractivity contribution in [2.45, 2.75) is 83.5 Å². The van der Waals surface area contributed by atoms with Crippen LogP contribution in [0.1, 0.15) is 71.2 Å². The van der Waals surface area contributed by atoms with Crippen molar-refractivity contribution in [3.05, 3.63) is 29.5 Å². The number of anilines is 1. The summed E-state index contributed by atoms with van der Waals surface area (Å²) >= 11 is 0. The van der Waals surface area contributed by atoms with E-state index in [4.69, 9.17) is 9.16 Å². The molecule has 9 heteroatoms. The van der Waals surface area contributed by atoms with E-state index in [1.807, 2.05) is 6.20 Å². The molecular formula is C26H40N2O6Si. The van der Waals surface area contributed by atoms with Crippen molar-refractivity contribution in [2.75, 3.05) is 19.0 Å². The van der Waals surface area contributed by atoms with Gasteiger partial charge >= 0.3 is 6.09 Å². The molecule has 3 rings (SSSR count). The lowest BCUT2D eigenvalue weighted by Gasteiger charge is -2.42. The van der Waals surface area contributed by atoms with Crippen molar-refractivity contribution >= 4 is 26.0 Å². The molecule has 2 amide bonds. The SMILES string of the molecule is COc1cc(C(=O)N2C=C(C3CC3)CC2CO)c(NC(=O)O)cc1O[Si](C(C)C)(C(C)C)C(C)C. The predicted octanol–water partition coefficient (Wildman–Crippen LogP) is 5.84. The number of nitrogens with one attached hydrogen (secondary N) is 1. The van der Waals surface area contributed by atoms with Crippen LogP contribution in [0.4, 0.5) is 10.5 Å². The molecule has 3 N–H and O–H groups in total. The number of aliphatic hydroxyl groups excluding tert-OH is 1. The first-order valence-electron chi connectivity index (χ1n) is 12.5. The van der Waals surface area contributed by atoms with Gasteiger partial charge < -0.3 is 24.3 Å². The Morgan fingerprint density at radius 3 is 2.14 bits per heavy atom. The maximum Gasteiger partial charge on any atom is 0.409 e. The molecule has 1 aliphatic carbocycles. The number of amides is 2. The molecule has 0 bridgehead atoms. The van der Waals surface area contributed by atoms with Gasteiger partial charge in [0, 0.05) is 12.3 Å². The van der Waals surface area contributed by atoms with E-state index < -0.39 is 14.4 Å². The van der Waals surface area contributed by atoms with Crippen molar-refractivity contribution in [1.82, 2.24) is 4.90 Å². The van der Waals surface area contributed by atoms with Crippen LogP contribution in [0, 0.1) is 5.92 Å². The van der Waals surface area contributed by atoms with Crippen LogP contribution in [0.2, 0.25) is 16.6 Å². The molecule has 1 aliphatic heterocycles. The number of carbonyl (C=O) groups excluding carboxylic acids is 1. The van der Waals surface area contributed by atoms with Crippen molar-refractivity contribution in [1.29, 1.82) is 0 Å². The van der Waals surface area contributed by atoms with Gasteiger partial charge in [0.15, 0.2) is 5.75 Å². The van der Waals surface area contributed by atoms with Crippen LogP contribution in [-0.4, -0.2) is 55.2 Å². The number of hydrogen-bond acceptors (Lipinski definition) is 5. The standard InChI is InChI=1S/C26H40N2O6Si/c1-15(2)35(16(3)4,17(5)6)34-24-12-22(27-26(31)32)21(11-23(24)33-7)25(30)28-13-19(18-8-9-18)10-20(28)14-29/h11-13,15-18,20,27,29H,8-10,14H2,1-7H3,(H,31,32). The Bertz CT molecular complexity index is 965. The molecule has 1 fully saturated rings. The normalized spacial score (nSPS) is 18.3. The van der Waals surface area contributed by atoms with Gasteiger partial charge in [-0.05, 0) is 53.4 Å². The van der Waals surface area contributed by atoms with E-state index in [9.17, 15) is 19.8 Å². The highest BCUT2D eigenvalue weighted by atomic mass is 28.4. The molecule has 1 aromatic rings. The van der Waals surface area contributed by atoms with Crippen LogP contribution >= 0.6 is 0 Å². The molecule has 8 nitrogen and oxygen atoms in total. The van der Waals surface area contributed by atoms with Gasteiger partial charge in [-0.3, -0.25) is 10.1 Å². The molecule has 1 saturated carbocycles. The third kappa shape index (κ3) is 5.35. The van der Waals surface area contributed by atoms with E-state index in [1.165, 1.54) is 17.6 Å². The first kappa shape index (κ1) is 27.1. The van der Waals surface area contributed by atoms with Crippen molar-refractivity contribution in [3.63, 3.8) is 0 Å². The molecule has 0 spiro atoms. The Hall–Kier alpha value is -2.52. The van der Waals surface area contributed by atoms with E-state index in [1.54, 1.807) is 12.1 Å². The maximum atomic E-state index is 13.6. The lowest BCUT2D eigenvalue weighted by atomic mass is 10.1. The molecular weight excluding hydrogens is 464 g/mol. The number of rotatable bonds is 10. The van der Waals surface area contributed by atoms with Gasteiger partial charge in [-0.25, -0.2) is 4.79 Å². The highest BCUT2D eigenvalue weighted by molar-refractivity contribution is 6.78. The van der Waals surface area contributed by atoms with Gasteiger partial charge in [0.05, 0.1) is 31.0 Å². The molecule has 1 unspecified atom stereocenters. The molecule has 0 radical (unpaired) electrons. The first-order valence-corrected chi connectivity index (χ1v) is 14.6. The minimum absolute atomic E-state index is 0.141.